The standard InChI is InChI=1S/C26H30FN7OS/c1-5-18-13-34(21-11-24(35)31(4)22-14-32(8-7-28)30-26(21)22)19(6-2)12-33(18)16(3)17-9-20(27)25-23(10-17)36-15-29-25/h9-11,14-16,18-19H,5-6,8,12-13H2,1-4H3/t16-,18+,19-/m0/s1. The summed E-state index contributed by atoms with van der Waals surface area (Å²) in [5.74, 6) is -0.273. The van der Waals surface area contributed by atoms with Crippen LogP contribution in [0.25, 0.3) is 21.3 Å². The maximum absolute atomic E-state index is 14.7. The van der Waals surface area contributed by atoms with Gasteiger partial charge in [-0.3, -0.25) is 14.4 Å². The van der Waals surface area contributed by atoms with Crippen molar-refractivity contribution in [1.29, 1.82) is 5.26 Å². The van der Waals surface area contributed by atoms with Gasteiger partial charge in [-0.2, -0.15) is 10.4 Å². The normalized spacial score (nSPS) is 19.7. The van der Waals surface area contributed by atoms with Crippen molar-refractivity contribution in [2.75, 3.05) is 18.0 Å². The molecule has 36 heavy (non-hydrogen) atoms. The van der Waals surface area contributed by atoms with Gasteiger partial charge in [0.05, 0.1) is 33.7 Å². The highest BCUT2D eigenvalue weighted by molar-refractivity contribution is 7.16. The quantitative estimate of drug-likeness (QED) is 0.384. The lowest BCUT2D eigenvalue weighted by atomic mass is 9.96. The van der Waals surface area contributed by atoms with Gasteiger partial charge >= 0.3 is 0 Å². The molecule has 4 aromatic rings. The molecule has 0 saturated carbocycles. The van der Waals surface area contributed by atoms with Crippen molar-refractivity contribution in [2.45, 2.75) is 58.3 Å². The molecule has 5 rings (SSSR count). The third kappa shape index (κ3) is 4.06. The van der Waals surface area contributed by atoms with Crippen molar-refractivity contribution in [3.63, 3.8) is 0 Å². The number of nitriles is 1. The molecule has 1 saturated heterocycles. The highest BCUT2D eigenvalue weighted by Crippen LogP contribution is 2.35. The van der Waals surface area contributed by atoms with Gasteiger partial charge < -0.3 is 9.47 Å². The number of rotatable bonds is 6. The van der Waals surface area contributed by atoms with Crippen LogP contribution in [0.5, 0.6) is 0 Å². The molecule has 3 atom stereocenters. The molecular formula is C26H30FN7OS. The van der Waals surface area contributed by atoms with Crippen LogP contribution in [0.2, 0.25) is 0 Å². The summed E-state index contributed by atoms with van der Waals surface area (Å²) in [6.45, 7) is 8.12. The number of benzene rings is 1. The van der Waals surface area contributed by atoms with Gasteiger partial charge in [-0.25, -0.2) is 9.37 Å². The monoisotopic (exact) mass is 507 g/mol. The minimum atomic E-state index is -0.273. The summed E-state index contributed by atoms with van der Waals surface area (Å²) in [7, 11) is 1.73. The number of hydrogen-bond donors (Lipinski definition) is 0. The Bertz CT molecular complexity index is 1520. The fourth-order valence-electron chi connectivity index (χ4n) is 5.44. The van der Waals surface area contributed by atoms with Gasteiger partial charge in [0.1, 0.15) is 17.6 Å². The zero-order chi connectivity index (χ0) is 25.6. The molecule has 1 fully saturated rings. The molecule has 0 N–H and O–H groups in total. The molecule has 1 aliphatic heterocycles. The summed E-state index contributed by atoms with van der Waals surface area (Å²) < 4.78 is 18.8. The smallest absolute Gasteiger partial charge is 0.252 e. The molecule has 1 aromatic carbocycles. The number of thiazole rings is 1. The minimum absolute atomic E-state index is 0.0330. The molecule has 0 spiro atoms. The first-order chi connectivity index (χ1) is 17.4. The van der Waals surface area contributed by atoms with Gasteiger partial charge in [0.2, 0.25) is 0 Å². The molecule has 1 aliphatic rings. The Hall–Kier alpha value is -3.29. The molecule has 10 heteroatoms. The van der Waals surface area contributed by atoms with Gasteiger partial charge in [0.15, 0.2) is 5.82 Å². The number of nitrogens with zero attached hydrogens (tertiary/aromatic N) is 7. The molecule has 4 heterocycles. The Labute approximate surface area is 213 Å². The highest BCUT2D eigenvalue weighted by atomic mass is 32.1. The van der Waals surface area contributed by atoms with Crippen LogP contribution in [0.4, 0.5) is 10.1 Å². The summed E-state index contributed by atoms with van der Waals surface area (Å²) in [6.07, 6.45) is 3.57. The lowest BCUT2D eigenvalue weighted by Crippen LogP contribution is -2.58. The summed E-state index contributed by atoms with van der Waals surface area (Å²) in [4.78, 5) is 21.8. The Morgan fingerprint density at radius 3 is 2.69 bits per heavy atom. The van der Waals surface area contributed by atoms with Gasteiger partial charge in [-0.1, -0.05) is 13.8 Å². The van der Waals surface area contributed by atoms with E-state index in [1.54, 1.807) is 40.1 Å². The predicted molar refractivity (Wildman–Crippen MR) is 141 cm³/mol. The summed E-state index contributed by atoms with van der Waals surface area (Å²) >= 11 is 1.46. The first-order valence-corrected chi connectivity index (χ1v) is 13.2. The van der Waals surface area contributed by atoms with Crippen molar-refractivity contribution in [3.8, 4) is 6.07 Å². The first kappa shape index (κ1) is 24.4. The Morgan fingerprint density at radius 1 is 1.19 bits per heavy atom. The molecule has 0 radical (unpaired) electrons. The van der Waals surface area contributed by atoms with E-state index in [0.29, 0.717) is 5.52 Å². The van der Waals surface area contributed by atoms with Crippen LogP contribution in [0.1, 0.15) is 45.2 Å². The van der Waals surface area contributed by atoms with E-state index in [9.17, 15) is 9.18 Å². The average molecular weight is 508 g/mol. The Morgan fingerprint density at radius 2 is 1.97 bits per heavy atom. The van der Waals surface area contributed by atoms with E-state index in [1.165, 1.54) is 11.3 Å². The lowest BCUT2D eigenvalue weighted by molar-refractivity contribution is 0.101. The van der Waals surface area contributed by atoms with E-state index in [4.69, 9.17) is 5.26 Å². The van der Waals surface area contributed by atoms with Gasteiger partial charge in [-0.15, -0.1) is 11.3 Å². The van der Waals surface area contributed by atoms with Crippen LogP contribution < -0.4 is 10.5 Å². The fourth-order valence-corrected chi connectivity index (χ4v) is 6.18. The average Bonchev–Trinajstić information content (AvgIpc) is 3.53. The van der Waals surface area contributed by atoms with E-state index >= 15 is 0 Å². The number of hydrogen-bond acceptors (Lipinski definition) is 7. The van der Waals surface area contributed by atoms with Crippen molar-refractivity contribution in [2.24, 2.45) is 7.05 Å². The van der Waals surface area contributed by atoms with E-state index < -0.39 is 0 Å². The number of aromatic nitrogens is 4. The van der Waals surface area contributed by atoms with Crippen molar-refractivity contribution in [1.82, 2.24) is 24.2 Å². The number of piperazine rings is 1. The van der Waals surface area contributed by atoms with Crippen LogP contribution in [0.15, 0.2) is 34.7 Å². The van der Waals surface area contributed by atoms with Crippen LogP contribution >= 0.6 is 11.3 Å². The number of fused-ring (bicyclic) bond motifs is 2. The second-order valence-corrected chi connectivity index (χ2v) is 10.4. The molecule has 8 nitrogen and oxygen atoms in total. The number of halogens is 1. The lowest BCUT2D eigenvalue weighted by Gasteiger charge is -2.49. The number of aryl methyl sites for hydroxylation is 1. The van der Waals surface area contributed by atoms with E-state index in [2.05, 4.69) is 52.8 Å². The molecule has 188 valence electrons. The van der Waals surface area contributed by atoms with Crippen LogP contribution in [0.3, 0.4) is 0 Å². The Balaban J connectivity index is 1.52. The first-order valence-electron chi connectivity index (χ1n) is 12.3. The maximum Gasteiger partial charge on any atom is 0.252 e. The van der Waals surface area contributed by atoms with Crippen LogP contribution in [-0.2, 0) is 13.6 Å². The molecule has 0 amide bonds. The third-order valence-electron chi connectivity index (χ3n) is 7.55. The van der Waals surface area contributed by atoms with Crippen molar-refractivity contribution < 1.29 is 4.39 Å². The third-order valence-corrected chi connectivity index (χ3v) is 8.33. The van der Waals surface area contributed by atoms with Gasteiger partial charge in [0, 0.05) is 44.3 Å². The predicted octanol–water partition coefficient (Wildman–Crippen LogP) is 4.45. The second kappa shape index (κ2) is 9.64. The molecular weight excluding hydrogens is 477 g/mol. The van der Waals surface area contributed by atoms with E-state index in [0.717, 1.165) is 52.9 Å². The largest absolute Gasteiger partial charge is 0.364 e. The number of pyridine rings is 1. The SMILES string of the molecule is CC[C@H]1CN([C@@H](C)c2cc(F)c3ncsc3c2)[C@H](CC)CN1c1cc(=O)n(C)c2cn(CC#N)nc12. The van der Waals surface area contributed by atoms with Crippen molar-refractivity contribution in [3.05, 3.63) is 51.6 Å². The van der Waals surface area contributed by atoms with Gasteiger partial charge in [0.25, 0.3) is 5.56 Å². The zero-order valence-electron chi connectivity index (χ0n) is 21.0. The second-order valence-electron chi connectivity index (χ2n) is 9.50. The van der Waals surface area contributed by atoms with E-state index in [1.807, 2.05) is 0 Å². The fraction of sp³-hybridized carbons (Fsp3) is 0.462. The Kier molecular flexibility index (Phi) is 6.53. The highest BCUT2D eigenvalue weighted by Gasteiger charge is 2.36. The molecule has 0 aliphatic carbocycles. The zero-order valence-corrected chi connectivity index (χ0v) is 21.8. The number of anilines is 1. The van der Waals surface area contributed by atoms with Crippen LogP contribution in [0, 0.1) is 17.1 Å². The van der Waals surface area contributed by atoms with Crippen LogP contribution in [-0.4, -0.2) is 49.4 Å². The molecule has 3 aromatic heterocycles. The topological polar surface area (TPSA) is 83.0 Å². The summed E-state index contributed by atoms with van der Waals surface area (Å²) in [5, 5.41) is 13.8. The van der Waals surface area contributed by atoms with Crippen molar-refractivity contribution >= 4 is 38.3 Å². The maximum atomic E-state index is 14.7. The summed E-state index contributed by atoms with van der Waals surface area (Å²) in [6, 6.07) is 7.89. The molecule has 0 bridgehead atoms. The molecule has 0 unspecified atom stereocenters. The summed E-state index contributed by atoms with van der Waals surface area (Å²) in [5.41, 5.74) is 5.26. The minimum Gasteiger partial charge on any atom is -0.364 e. The van der Waals surface area contributed by atoms with E-state index in [-0.39, 0.29) is 36.0 Å². The van der Waals surface area contributed by atoms with Gasteiger partial charge in [-0.05, 0) is 37.5 Å².